The summed E-state index contributed by atoms with van der Waals surface area (Å²) in [7, 11) is 0. The molecule has 1 N–H and O–H groups in total. The van der Waals surface area contributed by atoms with Crippen LogP contribution in [0.5, 0.6) is 0 Å². The van der Waals surface area contributed by atoms with E-state index in [1.165, 1.54) is 11.0 Å². The number of anilines is 1. The van der Waals surface area contributed by atoms with Crippen molar-refractivity contribution in [2.24, 2.45) is 0 Å². The average Bonchev–Trinajstić information content (AvgIpc) is 2.56. The van der Waals surface area contributed by atoms with E-state index in [0.29, 0.717) is 17.1 Å². The van der Waals surface area contributed by atoms with E-state index in [-0.39, 0.29) is 10.3 Å². The Morgan fingerprint density at radius 3 is 2.45 bits per heavy atom. The van der Waals surface area contributed by atoms with Gasteiger partial charge in [0.1, 0.15) is 22.1 Å². The van der Waals surface area contributed by atoms with Gasteiger partial charge in [-0.1, -0.05) is 30.4 Å². The summed E-state index contributed by atoms with van der Waals surface area (Å²) in [5, 5.41) is 9.51. The van der Waals surface area contributed by atoms with E-state index in [2.05, 4.69) is 16.0 Å². The van der Waals surface area contributed by atoms with E-state index in [4.69, 9.17) is 12.2 Å². The Balaban J connectivity index is 2.19. The molecule has 0 spiro atoms. The Bertz CT molecular complexity index is 826. The molecule has 0 radical (unpaired) electrons. The van der Waals surface area contributed by atoms with Crippen LogP contribution in [0.3, 0.4) is 0 Å². The number of benzene rings is 1. The molecule has 0 atom stereocenters. The van der Waals surface area contributed by atoms with Crippen molar-refractivity contribution in [1.29, 1.82) is 5.26 Å². The molecule has 1 aromatic heterocycles. The topological polar surface area (TPSA) is 64.8 Å². The van der Waals surface area contributed by atoms with Gasteiger partial charge in [-0.15, -0.1) is 0 Å². The predicted molar refractivity (Wildman–Crippen MR) is 88.0 cm³/mol. The van der Waals surface area contributed by atoms with E-state index in [9.17, 15) is 10.1 Å². The second kappa shape index (κ2) is 6.16. The molecule has 1 aromatic carbocycles. The molecule has 0 amide bonds. The minimum atomic E-state index is -0.309. The number of aromatic amines is 1. The van der Waals surface area contributed by atoms with Gasteiger partial charge in [0.15, 0.2) is 0 Å². The molecular weight excluding hydrogens is 296 g/mol. The molecular formula is C16H16N4OS. The maximum Gasteiger partial charge on any atom is 0.332 e. The van der Waals surface area contributed by atoms with Crippen LogP contribution >= 0.6 is 12.2 Å². The number of nitriles is 1. The largest absolute Gasteiger partial charge is 0.357 e. The number of nitrogens with one attached hydrogen (secondary N) is 1. The van der Waals surface area contributed by atoms with Crippen molar-refractivity contribution in [2.75, 3.05) is 18.0 Å². The molecule has 2 heterocycles. The number of hydrogen-bond donors (Lipinski definition) is 1. The summed E-state index contributed by atoms with van der Waals surface area (Å²) < 4.78 is 1.64. The summed E-state index contributed by atoms with van der Waals surface area (Å²) in [5.41, 5.74) is 0.714. The number of rotatable bonds is 2. The molecule has 5 nitrogen and oxygen atoms in total. The van der Waals surface area contributed by atoms with Crippen molar-refractivity contribution < 1.29 is 0 Å². The molecule has 0 bridgehead atoms. The summed E-state index contributed by atoms with van der Waals surface area (Å²) in [6, 6.07) is 11.3. The Hall–Kier alpha value is -2.39. The van der Waals surface area contributed by atoms with Crippen LogP contribution in [0, 0.1) is 16.0 Å². The summed E-state index contributed by atoms with van der Waals surface area (Å²) in [6.45, 7) is 1.68. The van der Waals surface area contributed by atoms with Crippen molar-refractivity contribution in [2.45, 2.75) is 19.3 Å². The van der Waals surface area contributed by atoms with Crippen molar-refractivity contribution >= 4 is 18.0 Å². The first-order chi connectivity index (χ1) is 10.7. The van der Waals surface area contributed by atoms with Gasteiger partial charge in [0.05, 0.1) is 5.69 Å². The van der Waals surface area contributed by atoms with Gasteiger partial charge >= 0.3 is 5.69 Å². The first kappa shape index (κ1) is 14.5. The van der Waals surface area contributed by atoms with Crippen molar-refractivity contribution in [3.05, 3.63) is 51.0 Å². The Kier molecular flexibility index (Phi) is 4.07. The highest BCUT2D eigenvalue weighted by Crippen LogP contribution is 2.22. The molecule has 1 saturated heterocycles. The van der Waals surface area contributed by atoms with E-state index in [1.807, 2.05) is 18.2 Å². The number of hydrogen-bond acceptors (Lipinski definition) is 4. The van der Waals surface area contributed by atoms with Crippen LogP contribution in [0.25, 0.3) is 5.69 Å². The Labute approximate surface area is 133 Å². The van der Waals surface area contributed by atoms with Gasteiger partial charge in [0.2, 0.25) is 0 Å². The van der Waals surface area contributed by atoms with Gasteiger partial charge in [-0.05, 0) is 31.4 Å². The lowest BCUT2D eigenvalue weighted by atomic mass is 10.1. The summed E-state index contributed by atoms with van der Waals surface area (Å²) in [6.07, 6.45) is 3.31. The van der Waals surface area contributed by atoms with Gasteiger partial charge in [-0.2, -0.15) is 5.26 Å². The highest BCUT2D eigenvalue weighted by atomic mass is 32.1. The maximum atomic E-state index is 12.5. The third-order valence-electron chi connectivity index (χ3n) is 3.88. The molecule has 1 fully saturated rings. The van der Waals surface area contributed by atoms with E-state index < -0.39 is 0 Å². The number of H-pyrrole nitrogens is 1. The molecule has 1 aliphatic rings. The highest BCUT2D eigenvalue weighted by molar-refractivity contribution is 7.71. The first-order valence-electron chi connectivity index (χ1n) is 7.32. The lowest BCUT2D eigenvalue weighted by molar-refractivity contribution is 0.571. The van der Waals surface area contributed by atoms with E-state index >= 15 is 0 Å². The number of aromatic nitrogens is 2. The Morgan fingerprint density at radius 2 is 1.82 bits per heavy atom. The standard InChI is InChI=1S/C16H16N4OS/c17-11-13-14(19-9-5-2-6-10-19)18-16(21)20(15(13)22)12-7-3-1-4-8-12/h1,3-4,7-8H,2,5-6,9-10H2,(H,18,21). The second-order valence-corrected chi connectivity index (χ2v) is 5.68. The van der Waals surface area contributed by atoms with Crippen molar-refractivity contribution in [3.63, 3.8) is 0 Å². The quantitative estimate of drug-likeness (QED) is 0.866. The summed E-state index contributed by atoms with van der Waals surface area (Å²) in [4.78, 5) is 17.4. The fourth-order valence-corrected chi connectivity index (χ4v) is 3.12. The minimum absolute atomic E-state index is 0.262. The predicted octanol–water partition coefficient (Wildman–Crippen LogP) is 2.76. The van der Waals surface area contributed by atoms with Gasteiger partial charge < -0.3 is 4.90 Å². The smallest absolute Gasteiger partial charge is 0.332 e. The van der Waals surface area contributed by atoms with Crippen molar-refractivity contribution in [1.82, 2.24) is 9.55 Å². The third kappa shape index (κ3) is 2.55. The lowest BCUT2D eigenvalue weighted by Gasteiger charge is -2.29. The molecule has 22 heavy (non-hydrogen) atoms. The summed E-state index contributed by atoms with van der Waals surface area (Å²) >= 11 is 5.41. The lowest BCUT2D eigenvalue weighted by Crippen LogP contribution is -2.34. The zero-order valence-electron chi connectivity index (χ0n) is 12.1. The normalized spacial score (nSPS) is 14.6. The fourth-order valence-electron chi connectivity index (χ4n) is 2.79. The van der Waals surface area contributed by atoms with E-state index in [1.54, 1.807) is 12.1 Å². The van der Waals surface area contributed by atoms with Gasteiger partial charge in [0, 0.05) is 13.1 Å². The highest BCUT2D eigenvalue weighted by Gasteiger charge is 2.19. The van der Waals surface area contributed by atoms with Crippen LogP contribution < -0.4 is 10.6 Å². The third-order valence-corrected chi connectivity index (χ3v) is 4.27. The monoisotopic (exact) mass is 312 g/mol. The van der Waals surface area contributed by atoms with Crippen LogP contribution in [-0.2, 0) is 0 Å². The molecule has 0 saturated carbocycles. The maximum absolute atomic E-state index is 12.5. The minimum Gasteiger partial charge on any atom is -0.357 e. The fraction of sp³-hybridized carbons (Fsp3) is 0.312. The van der Waals surface area contributed by atoms with Gasteiger partial charge in [-0.25, -0.2) is 4.79 Å². The van der Waals surface area contributed by atoms with Crippen LogP contribution in [0.2, 0.25) is 0 Å². The number of para-hydroxylation sites is 1. The first-order valence-corrected chi connectivity index (χ1v) is 7.73. The van der Waals surface area contributed by atoms with Crippen LogP contribution in [0.15, 0.2) is 35.1 Å². The summed E-state index contributed by atoms with van der Waals surface area (Å²) in [5.74, 6) is 0.560. The molecule has 0 unspecified atom stereocenters. The average molecular weight is 312 g/mol. The molecule has 2 aromatic rings. The van der Waals surface area contributed by atoms with Crippen LogP contribution in [0.1, 0.15) is 24.8 Å². The van der Waals surface area contributed by atoms with Gasteiger partial charge in [0.25, 0.3) is 0 Å². The molecule has 0 aliphatic carbocycles. The van der Waals surface area contributed by atoms with E-state index in [0.717, 1.165) is 25.9 Å². The Morgan fingerprint density at radius 1 is 1.14 bits per heavy atom. The molecule has 112 valence electrons. The zero-order valence-corrected chi connectivity index (χ0v) is 12.9. The van der Waals surface area contributed by atoms with Crippen LogP contribution in [-0.4, -0.2) is 22.6 Å². The zero-order chi connectivity index (χ0) is 15.5. The van der Waals surface area contributed by atoms with Crippen LogP contribution in [0.4, 0.5) is 5.82 Å². The molecule has 3 rings (SSSR count). The van der Waals surface area contributed by atoms with Crippen molar-refractivity contribution in [3.8, 4) is 11.8 Å². The number of nitrogens with zero attached hydrogens (tertiary/aromatic N) is 3. The SMILES string of the molecule is N#Cc1c(N2CCCCC2)[nH]c(=O)n(-c2ccccc2)c1=S. The molecule has 1 aliphatic heterocycles. The van der Waals surface area contributed by atoms with Gasteiger partial charge in [-0.3, -0.25) is 9.55 Å². The molecule has 6 heteroatoms. The second-order valence-electron chi connectivity index (χ2n) is 5.29. The number of piperidine rings is 1.